The number of amides is 2. The van der Waals surface area contributed by atoms with Crippen LogP contribution in [0.4, 0.5) is 4.39 Å². The van der Waals surface area contributed by atoms with Crippen LogP contribution in [0.5, 0.6) is 0 Å². The molecule has 1 aliphatic rings. The van der Waals surface area contributed by atoms with Crippen molar-refractivity contribution in [1.82, 2.24) is 19.8 Å². The number of piperidine rings is 1. The quantitative estimate of drug-likeness (QED) is 0.170. The molecule has 1 unspecified atom stereocenters. The first-order valence-electron chi connectivity index (χ1n) is 17.3. The molecule has 3 N–H and O–H groups in total. The maximum absolute atomic E-state index is 13.7. The average Bonchev–Trinajstić information content (AvgIpc) is 3.61. The van der Waals surface area contributed by atoms with E-state index in [2.05, 4.69) is 16.9 Å². The lowest BCUT2D eigenvalue weighted by atomic mass is 9.88. The molecule has 0 aliphatic carbocycles. The number of likely N-dealkylation sites (tertiary alicyclic amines) is 1. The molecule has 1 aromatic heterocycles. The van der Waals surface area contributed by atoms with Gasteiger partial charge in [0.25, 0.3) is 0 Å². The van der Waals surface area contributed by atoms with Crippen molar-refractivity contribution in [3.63, 3.8) is 0 Å². The Balaban J connectivity index is 0.000000261. The standard InChI is InChI=1S/C26H26FN3O2.C15H22N2O3/c1-3-22-16-30(17-28-22)24(23-7-5-4-6-18(23)2)26(32)29-14-12-20(13-15-29)25(31)19-8-10-21(27)11-9-19;1-11(18)13(17-14(19)15(2,3)16)10-20-9-12-7-5-4-6-8-12/h3-11,16-17,20,24H,1,12-15H2,2H3;4-8,13H,9-10,16H2,1-3H3,(H,17,19)/t;13-/m.1/s1. The SMILES string of the molecule is C=Cc1cn(C(C(=O)N2CCC(C(=O)c3ccc(F)cc3)CC2)c2ccccc2C)cn1.CC(=O)[C@@H](COCc1ccccc1)NC(=O)C(C)(C)N. The Kier molecular flexibility index (Phi) is 13.9. The number of hydrogen-bond donors (Lipinski definition) is 2. The molecule has 0 saturated carbocycles. The molecule has 4 aromatic rings. The minimum absolute atomic E-state index is 0.0118. The predicted molar refractivity (Wildman–Crippen MR) is 199 cm³/mol. The zero-order chi connectivity index (χ0) is 37.8. The average molecular weight is 710 g/mol. The van der Waals surface area contributed by atoms with E-state index in [1.54, 1.807) is 26.3 Å². The van der Waals surface area contributed by atoms with E-state index in [0.29, 0.717) is 43.8 Å². The molecular formula is C41H48FN5O5. The summed E-state index contributed by atoms with van der Waals surface area (Å²) in [6.45, 7) is 11.9. The summed E-state index contributed by atoms with van der Waals surface area (Å²) in [4.78, 5) is 55.9. The fourth-order valence-corrected chi connectivity index (χ4v) is 5.77. The van der Waals surface area contributed by atoms with Gasteiger partial charge in [0.15, 0.2) is 11.6 Å². The van der Waals surface area contributed by atoms with Crippen molar-refractivity contribution in [3.05, 3.63) is 132 Å². The zero-order valence-electron chi connectivity index (χ0n) is 30.3. The summed E-state index contributed by atoms with van der Waals surface area (Å²) >= 11 is 0. The van der Waals surface area contributed by atoms with Crippen molar-refractivity contribution in [1.29, 1.82) is 0 Å². The van der Waals surface area contributed by atoms with E-state index in [4.69, 9.17) is 10.5 Å². The molecular weight excluding hydrogens is 661 g/mol. The number of halogens is 1. The number of imidazole rings is 1. The third kappa shape index (κ3) is 10.9. The lowest BCUT2D eigenvalue weighted by molar-refractivity contribution is -0.134. The van der Waals surface area contributed by atoms with Crippen LogP contribution < -0.4 is 11.1 Å². The van der Waals surface area contributed by atoms with E-state index in [1.807, 2.05) is 77.2 Å². The third-order valence-corrected chi connectivity index (χ3v) is 8.93. The lowest BCUT2D eigenvalue weighted by Crippen LogP contribution is -2.54. The number of hydrogen-bond acceptors (Lipinski definition) is 7. The van der Waals surface area contributed by atoms with Crippen LogP contribution in [0.15, 0.2) is 98.0 Å². The Morgan fingerprint density at radius 3 is 2.23 bits per heavy atom. The molecule has 2 amide bonds. The summed E-state index contributed by atoms with van der Waals surface area (Å²) in [5.41, 5.74) is 8.86. The van der Waals surface area contributed by atoms with E-state index in [0.717, 1.165) is 16.7 Å². The number of aryl methyl sites for hydroxylation is 1. The maximum atomic E-state index is 13.7. The van der Waals surface area contributed by atoms with Gasteiger partial charge in [0.1, 0.15) is 17.9 Å². The van der Waals surface area contributed by atoms with Gasteiger partial charge >= 0.3 is 0 Å². The number of nitrogens with two attached hydrogens (primary N) is 1. The van der Waals surface area contributed by atoms with Crippen molar-refractivity contribution in [2.45, 2.75) is 64.8 Å². The fraction of sp³-hybridized carbons (Fsp3) is 0.341. The van der Waals surface area contributed by atoms with Crippen molar-refractivity contribution in [3.8, 4) is 0 Å². The monoisotopic (exact) mass is 709 g/mol. The van der Waals surface area contributed by atoms with E-state index in [1.165, 1.54) is 31.2 Å². The molecule has 0 spiro atoms. The van der Waals surface area contributed by atoms with Crippen molar-refractivity contribution in [2.24, 2.45) is 11.7 Å². The highest BCUT2D eigenvalue weighted by Gasteiger charge is 2.33. The minimum atomic E-state index is -1.02. The molecule has 10 nitrogen and oxygen atoms in total. The topological polar surface area (TPSA) is 137 Å². The Morgan fingerprint density at radius 2 is 1.65 bits per heavy atom. The van der Waals surface area contributed by atoms with Gasteiger partial charge < -0.3 is 25.3 Å². The number of ether oxygens (including phenoxy) is 1. The van der Waals surface area contributed by atoms with Gasteiger partial charge in [0.05, 0.1) is 30.8 Å². The Morgan fingerprint density at radius 1 is 1.02 bits per heavy atom. The van der Waals surface area contributed by atoms with Crippen LogP contribution in [0.25, 0.3) is 6.08 Å². The maximum Gasteiger partial charge on any atom is 0.250 e. The summed E-state index contributed by atoms with van der Waals surface area (Å²) in [6, 6.07) is 21.9. The summed E-state index contributed by atoms with van der Waals surface area (Å²) in [6.07, 6.45) is 6.32. The second-order valence-corrected chi connectivity index (χ2v) is 13.5. The van der Waals surface area contributed by atoms with Crippen molar-refractivity contribution >= 4 is 29.5 Å². The number of benzene rings is 3. The second kappa shape index (κ2) is 18.3. The molecule has 0 bridgehead atoms. The molecule has 1 saturated heterocycles. The molecule has 1 fully saturated rings. The van der Waals surface area contributed by atoms with E-state index >= 15 is 0 Å². The zero-order valence-corrected chi connectivity index (χ0v) is 30.3. The van der Waals surface area contributed by atoms with Gasteiger partial charge in [-0.2, -0.15) is 0 Å². The van der Waals surface area contributed by atoms with Gasteiger partial charge in [0, 0.05) is 30.8 Å². The smallest absolute Gasteiger partial charge is 0.250 e. The lowest BCUT2D eigenvalue weighted by Gasteiger charge is -2.34. The number of rotatable bonds is 13. The van der Waals surface area contributed by atoms with Crippen LogP contribution in [0.1, 0.15) is 72.4 Å². The van der Waals surface area contributed by atoms with E-state index in [-0.39, 0.29) is 41.7 Å². The van der Waals surface area contributed by atoms with Gasteiger partial charge in [-0.05, 0) is 87.6 Å². The van der Waals surface area contributed by atoms with Crippen LogP contribution in [-0.4, -0.2) is 69.1 Å². The van der Waals surface area contributed by atoms with Crippen molar-refractivity contribution < 1.29 is 28.3 Å². The summed E-state index contributed by atoms with van der Waals surface area (Å²) in [7, 11) is 0. The molecule has 274 valence electrons. The number of nitrogens with zero attached hydrogens (tertiary/aromatic N) is 3. The van der Waals surface area contributed by atoms with Crippen LogP contribution in [0.2, 0.25) is 0 Å². The van der Waals surface area contributed by atoms with Crippen LogP contribution in [0.3, 0.4) is 0 Å². The molecule has 3 aromatic carbocycles. The highest BCUT2D eigenvalue weighted by Crippen LogP contribution is 2.28. The summed E-state index contributed by atoms with van der Waals surface area (Å²) < 4.78 is 20.5. The predicted octanol–water partition coefficient (Wildman–Crippen LogP) is 5.70. The van der Waals surface area contributed by atoms with Crippen LogP contribution in [-0.2, 0) is 25.7 Å². The molecule has 52 heavy (non-hydrogen) atoms. The minimum Gasteiger partial charge on any atom is -0.374 e. The number of ketones is 2. The fourth-order valence-electron chi connectivity index (χ4n) is 5.77. The third-order valence-electron chi connectivity index (χ3n) is 8.93. The number of carbonyl (C=O) groups excluding carboxylic acids is 4. The summed E-state index contributed by atoms with van der Waals surface area (Å²) in [5, 5.41) is 2.60. The highest BCUT2D eigenvalue weighted by molar-refractivity contribution is 5.98. The van der Waals surface area contributed by atoms with Gasteiger partial charge in [-0.15, -0.1) is 0 Å². The largest absolute Gasteiger partial charge is 0.374 e. The molecule has 0 radical (unpaired) electrons. The first-order valence-corrected chi connectivity index (χ1v) is 17.3. The normalized spacial score (nSPS) is 14.4. The van der Waals surface area contributed by atoms with Gasteiger partial charge in [-0.1, -0.05) is 61.2 Å². The Labute approximate surface area is 304 Å². The van der Waals surface area contributed by atoms with E-state index in [9.17, 15) is 23.6 Å². The van der Waals surface area contributed by atoms with Crippen molar-refractivity contribution in [2.75, 3.05) is 19.7 Å². The van der Waals surface area contributed by atoms with Gasteiger partial charge in [-0.25, -0.2) is 9.37 Å². The number of carbonyl (C=O) groups is 4. The molecule has 1 aliphatic heterocycles. The molecule has 2 atom stereocenters. The molecule has 2 heterocycles. The van der Waals surface area contributed by atoms with Gasteiger partial charge in [0.2, 0.25) is 11.8 Å². The first kappa shape index (κ1) is 39.5. The first-order chi connectivity index (χ1) is 24.8. The van der Waals surface area contributed by atoms with Crippen LogP contribution >= 0.6 is 0 Å². The Bertz CT molecular complexity index is 1830. The van der Waals surface area contributed by atoms with E-state index < -0.39 is 17.6 Å². The Hall–Kier alpha value is -5.26. The molecule has 5 rings (SSSR count). The molecule has 11 heteroatoms. The number of aromatic nitrogens is 2. The summed E-state index contributed by atoms with van der Waals surface area (Å²) in [5.74, 6) is -1.06. The second-order valence-electron chi connectivity index (χ2n) is 13.5. The van der Waals surface area contributed by atoms with Crippen LogP contribution in [0, 0.1) is 18.7 Å². The highest BCUT2D eigenvalue weighted by atomic mass is 19.1. The van der Waals surface area contributed by atoms with Gasteiger partial charge in [-0.3, -0.25) is 19.2 Å². The number of Topliss-reactive ketones (excluding diaryl/α,β-unsaturated/α-hetero) is 2. The number of nitrogens with one attached hydrogen (secondary N) is 1.